The highest BCUT2D eigenvalue weighted by atomic mass is 16.5. The summed E-state index contributed by atoms with van der Waals surface area (Å²) in [6.45, 7) is 3.57. The molecule has 35 heavy (non-hydrogen) atoms. The Bertz CT molecular complexity index is 1640. The first-order chi connectivity index (χ1) is 17.0. The fourth-order valence-electron chi connectivity index (χ4n) is 3.74. The molecule has 0 amide bonds. The molecule has 4 aromatic heterocycles. The number of nitrogens with two attached hydrogens (primary N) is 1. The van der Waals surface area contributed by atoms with Crippen molar-refractivity contribution in [2.24, 2.45) is 0 Å². The van der Waals surface area contributed by atoms with Crippen LogP contribution in [0.2, 0.25) is 0 Å². The zero-order valence-electron chi connectivity index (χ0n) is 18.7. The van der Waals surface area contributed by atoms with E-state index >= 15 is 0 Å². The molecule has 0 aliphatic rings. The van der Waals surface area contributed by atoms with Crippen LogP contribution in [0.1, 0.15) is 30.2 Å². The van der Waals surface area contributed by atoms with Crippen LogP contribution in [0.5, 0.6) is 0 Å². The summed E-state index contributed by atoms with van der Waals surface area (Å²) in [6.07, 6.45) is 5.95. The van der Waals surface area contributed by atoms with Gasteiger partial charge in [-0.15, -0.1) is 0 Å². The number of benzene rings is 1. The van der Waals surface area contributed by atoms with Crippen molar-refractivity contribution in [1.82, 2.24) is 34.6 Å². The van der Waals surface area contributed by atoms with Gasteiger partial charge in [0, 0.05) is 24.0 Å². The van der Waals surface area contributed by atoms with E-state index in [1.54, 1.807) is 38.4 Å². The maximum Gasteiger partial charge on any atom is 0.267 e. The molecule has 12 nitrogen and oxygen atoms in total. The van der Waals surface area contributed by atoms with Crippen molar-refractivity contribution in [1.29, 1.82) is 5.26 Å². The number of rotatable bonds is 5. The normalized spacial score (nSPS) is 11.8. The number of hydrogen-bond acceptors (Lipinski definition) is 11. The van der Waals surface area contributed by atoms with E-state index in [1.807, 2.05) is 18.2 Å². The van der Waals surface area contributed by atoms with E-state index in [2.05, 4.69) is 30.4 Å². The highest BCUT2D eigenvalue weighted by Gasteiger charge is 2.23. The van der Waals surface area contributed by atoms with Crippen LogP contribution in [0.3, 0.4) is 0 Å². The van der Waals surface area contributed by atoms with Crippen molar-refractivity contribution in [3.8, 4) is 23.0 Å². The van der Waals surface area contributed by atoms with Crippen LogP contribution >= 0.6 is 0 Å². The lowest BCUT2D eigenvalue weighted by Crippen LogP contribution is -2.28. The Balaban J connectivity index is 1.73. The van der Waals surface area contributed by atoms with Crippen molar-refractivity contribution in [3.05, 3.63) is 76.8 Å². The van der Waals surface area contributed by atoms with E-state index in [9.17, 15) is 10.1 Å². The highest BCUT2D eigenvalue weighted by molar-refractivity contribution is 5.93. The number of aromatic nitrogens is 7. The van der Waals surface area contributed by atoms with Gasteiger partial charge in [-0.25, -0.2) is 29.5 Å². The van der Waals surface area contributed by atoms with Gasteiger partial charge < -0.3 is 15.6 Å². The van der Waals surface area contributed by atoms with E-state index in [1.165, 1.54) is 17.2 Å². The zero-order chi connectivity index (χ0) is 24.5. The smallest absolute Gasteiger partial charge is 0.267 e. The zero-order valence-corrected chi connectivity index (χ0v) is 18.7. The standard InChI is InChI=1S/C23H18N10O2/c1-12(30-21-16(8-24)20(25)28-11-29-21)22-31-17-5-3-4-15(14-9-26-13(2)27-10-14)19(17)23(34)33(22)18-6-7-35-32-18/h3-7,9-12H,1-2H3,(H3,25,28,29,30). The Labute approximate surface area is 198 Å². The summed E-state index contributed by atoms with van der Waals surface area (Å²) in [5, 5.41) is 16.9. The summed E-state index contributed by atoms with van der Waals surface area (Å²) in [4.78, 5) is 35.2. The number of nitrogens with zero attached hydrogens (tertiary/aromatic N) is 8. The SMILES string of the molecule is Cc1ncc(-c2cccc3nc(C(C)Nc4ncnc(N)c4C#N)n(-c4ccon4)c(=O)c23)cn1. The van der Waals surface area contributed by atoms with Gasteiger partial charge in [0.15, 0.2) is 5.82 Å². The summed E-state index contributed by atoms with van der Waals surface area (Å²) in [5.41, 5.74) is 7.35. The van der Waals surface area contributed by atoms with Crippen molar-refractivity contribution < 1.29 is 4.52 Å². The number of nitriles is 1. The molecule has 5 aromatic rings. The van der Waals surface area contributed by atoms with Gasteiger partial charge >= 0.3 is 0 Å². The summed E-state index contributed by atoms with van der Waals surface area (Å²) in [6, 6.07) is 8.35. The second-order valence-electron chi connectivity index (χ2n) is 7.65. The fraction of sp³-hybridized carbons (Fsp3) is 0.130. The summed E-state index contributed by atoms with van der Waals surface area (Å²) in [5.74, 6) is 1.47. The molecule has 0 spiro atoms. The molecule has 0 aliphatic carbocycles. The first-order valence-corrected chi connectivity index (χ1v) is 10.5. The molecule has 0 bridgehead atoms. The molecule has 1 aromatic carbocycles. The predicted octanol–water partition coefficient (Wildman–Crippen LogP) is 2.56. The molecule has 0 radical (unpaired) electrons. The van der Waals surface area contributed by atoms with Gasteiger partial charge in [0.25, 0.3) is 5.56 Å². The largest absolute Gasteiger partial charge is 0.382 e. The van der Waals surface area contributed by atoms with Gasteiger partial charge in [-0.2, -0.15) is 5.26 Å². The Kier molecular flexibility index (Phi) is 5.34. The third-order valence-electron chi connectivity index (χ3n) is 5.40. The Morgan fingerprint density at radius 2 is 1.97 bits per heavy atom. The Morgan fingerprint density at radius 3 is 2.69 bits per heavy atom. The second kappa shape index (κ2) is 8.64. The van der Waals surface area contributed by atoms with Crippen LogP contribution in [-0.4, -0.2) is 34.6 Å². The van der Waals surface area contributed by atoms with E-state index in [0.29, 0.717) is 33.7 Å². The molecule has 1 atom stereocenters. The van der Waals surface area contributed by atoms with E-state index in [-0.39, 0.29) is 28.6 Å². The Morgan fingerprint density at radius 1 is 1.17 bits per heavy atom. The lowest BCUT2D eigenvalue weighted by atomic mass is 10.0. The molecule has 12 heteroatoms. The maximum absolute atomic E-state index is 13.9. The number of hydrogen-bond donors (Lipinski definition) is 2. The van der Waals surface area contributed by atoms with Gasteiger partial charge in [-0.3, -0.25) is 4.79 Å². The third-order valence-corrected chi connectivity index (χ3v) is 5.40. The van der Waals surface area contributed by atoms with Gasteiger partial charge in [-0.05, 0) is 25.5 Å². The molecule has 5 rings (SSSR count). The predicted molar refractivity (Wildman–Crippen MR) is 126 cm³/mol. The van der Waals surface area contributed by atoms with Gasteiger partial charge in [0.2, 0.25) is 0 Å². The van der Waals surface area contributed by atoms with Crippen LogP contribution < -0.4 is 16.6 Å². The summed E-state index contributed by atoms with van der Waals surface area (Å²) >= 11 is 0. The Hall–Kier alpha value is -5.18. The summed E-state index contributed by atoms with van der Waals surface area (Å²) in [7, 11) is 0. The number of fused-ring (bicyclic) bond motifs is 1. The quantitative estimate of drug-likeness (QED) is 0.389. The van der Waals surface area contributed by atoms with Crippen molar-refractivity contribution in [3.63, 3.8) is 0 Å². The average molecular weight is 466 g/mol. The maximum atomic E-state index is 13.9. The van der Waals surface area contributed by atoms with Gasteiger partial charge in [0.05, 0.1) is 16.9 Å². The van der Waals surface area contributed by atoms with E-state index in [0.717, 1.165) is 0 Å². The number of aryl methyl sites for hydroxylation is 1. The molecule has 0 saturated heterocycles. The third kappa shape index (κ3) is 3.80. The van der Waals surface area contributed by atoms with Crippen LogP contribution in [0, 0.1) is 18.3 Å². The number of nitrogen functional groups attached to an aromatic ring is 1. The average Bonchev–Trinajstić information content (AvgIpc) is 3.38. The monoisotopic (exact) mass is 466 g/mol. The van der Waals surface area contributed by atoms with E-state index in [4.69, 9.17) is 15.2 Å². The minimum atomic E-state index is -0.587. The van der Waals surface area contributed by atoms with Crippen LogP contribution in [-0.2, 0) is 0 Å². The van der Waals surface area contributed by atoms with Gasteiger partial charge in [-0.1, -0.05) is 17.3 Å². The van der Waals surface area contributed by atoms with Crippen LogP contribution in [0.4, 0.5) is 11.6 Å². The highest BCUT2D eigenvalue weighted by Crippen LogP contribution is 2.28. The molecule has 3 N–H and O–H groups in total. The first kappa shape index (κ1) is 21.7. The minimum Gasteiger partial charge on any atom is -0.382 e. The number of anilines is 2. The molecule has 0 aliphatic heterocycles. The molecule has 172 valence electrons. The van der Waals surface area contributed by atoms with Crippen molar-refractivity contribution in [2.75, 3.05) is 11.1 Å². The lowest BCUT2D eigenvalue weighted by Gasteiger charge is -2.20. The minimum absolute atomic E-state index is 0.0440. The molecule has 0 saturated carbocycles. The van der Waals surface area contributed by atoms with E-state index < -0.39 is 6.04 Å². The fourth-order valence-corrected chi connectivity index (χ4v) is 3.74. The van der Waals surface area contributed by atoms with Crippen molar-refractivity contribution >= 4 is 22.5 Å². The molecular formula is C23H18N10O2. The van der Waals surface area contributed by atoms with Crippen LogP contribution in [0.15, 0.2) is 58.6 Å². The summed E-state index contributed by atoms with van der Waals surface area (Å²) < 4.78 is 6.37. The second-order valence-corrected chi connectivity index (χ2v) is 7.65. The molecule has 0 fully saturated rings. The molecule has 4 heterocycles. The molecule has 1 unspecified atom stereocenters. The number of nitrogens with one attached hydrogen (secondary N) is 1. The topological polar surface area (TPSA) is 174 Å². The lowest BCUT2D eigenvalue weighted by molar-refractivity contribution is 0.415. The van der Waals surface area contributed by atoms with Crippen LogP contribution in [0.25, 0.3) is 27.8 Å². The van der Waals surface area contributed by atoms with Crippen molar-refractivity contribution in [2.45, 2.75) is 19.9 Å². The van der Waals surface area contributed by atoms with Gasteiger partial charge in [0.1, 0.15) is 47.5 Å². The first-order valence-electron chi connectivity index (χ1n) is 10.5. The molecular weight excluding hydrogens is 448 g/mol.